The zero-order valence-electron chi connectivity index (χ0n) is 19.4. The molecule has 5 heterocycles. The molecule has 0 radical (unpaired) electrons. The number of hydrogen-bond donors (Lipinski definition) is 0. The summed E-state index contributed by atoms with van der Waals surface area (Å²) < 4.78 is 8.27. The molecule has 0 aromatic carbocycles. The number of imidazole rings is 1. The first kappa shape index (κ1) is 22.7. The number of fused-ring (bicyclic) bond motifs is 2. The number of hydrogen-bond acceptors (Lipinski definition) is 7. The second-order valence-electron chi connectivity index (χ2n) is 8.75. The third kappa shape index (κ3) is 4.78. The Morgan fingerprint density at radius 3 is 2.91 bits per heavy atom. The number of piperidine rings is 1. The molecule has 0 spiro atoms. The summed E-state index contributed by atoms with van der Waals surface area (Å²) in [6, 6.07) is 10.6. The van der Waals surface area contributed by atoms with E-state index < -0.39 is 0 Å². The third-order valence-electron chi connectivity index (χ3n) is 6.32. The number of carbonyl (C=O) groups excluding carboxylic acids is 2. The van der Waals surface area contributed by atoms with Crippen LogP contribution >= 0.6 is 0 Å². The molecule has 4 aromatic heterocycles. The summed E-state index contributed by atoms with van der Waals surface area (Å²) in [6.45, 7) is 2.53. The van der Waals surface area contributed by atoms with E-state index in [2.05, 4.69) is 14.9 Å². The maximum Gasteiger partial charge on any atom is 0.309 e. The Kier molecular flexibility index (Phi) is 6.28. The highest BCUT2D eigenvalue weighted by molar-refractivity contribution is 5.73. The lowest BCUT2D eigenvalue weighted by atomic mass is 9.98. The number of amides is 1. The Balaban J connectivity index is 1.33. The maximum absolute atomic E-state index is 12.4. The zero-order valence-corrected chi connectivity index (χ0v) is 19.4. The van der Waals surface area contributed by atoms with Crippen molar-refractivity contribution in [2.45, 2.75) is 25.9 Å². The number of esters is 1. The van der Waals surface area contributed by atoms with E-state index >= 15 is 0 Å². The highest BCUT2D eigenvalue weighted by atomic mass is 16.5. The zero-order chi connectivity index (χ0) is 24.4. The van der Waals surface area contributed by atoms with Crippen molar-refractivity contribution in [3.63, 3.8) is 0 Å². The third-order valence-corrected chi connectivity index (χ3v) is 6.32. The highest BCUT2D eigenvalue weighted by Gasteiger charge is 2.26. The van der Waals surface area contributed by atoms with Gasteiger partial charge in [0.25, 0.3) is 5.56 Å². The predicted octanol–water partition coefficient (Wildman–Crippen LogP) is 1.89. The van der Waals surface area contributed by atoms with Crippen LogP contribution in [0.3, 0.4) is 0 Å². The van der Waals surface area contributed by atoms with Gasteiger partial charge in [-0.3, -0.25) is 28.6 Å². The smallest absolute Gasteiger partial charge is 0.309 e. The van der Waals surface area contributed by atoms with Gasteiger partial charge in [-0.15, -0.1) is 0 Å². The Bertz CT molecular complexity index is 1440. The van der Waals surface area contributed by atoms with Crippen molar-refractivity contribution in [3.8, 4) is 0 Å². The molecule has 0 bridgehead atoms. The van der Waals surface area contributed by atoms with E-state index in [1.807, 2.05) is 28.9 Å². The van der Waals surface area contributed by atoms with Gasteiger partial charge in [0.2, 0.25) is 6.41 Å². The summed E-state index contributed by atoms with van der Waals surface area (Å²) in [5, 5.41) is 0. The summed E-state index contributed by atoms with van der Waals surface area (Å²) >= 11 is 0. The normalized spacial score (nSPS) is 16.4. The number of anilines is 1. The van der Waals surface area contributed by atoms with Crippen LogP contribution in [0, 0.1) is 5.92 Å². The lowest BCUT2D eigenvalue weighted by Gasteiger charge is -2.31. The van der Waals surface area contributed by atoms with E-state index in [0.29, 0.717) is 24.3 Å². The van der Waals surface area contributed by atoms with Crippen LogP contribution in [0.4, 0.5) is 5.82 Å². The predicted molar refractivity (Wildman–Crippen MR) is 129 cm³/mol. The van der Waals surface area contributed by atoms with Gasteiger partial charge in [-0.25, -0.2) is 9.97 Å². The van der Waals surface area contributed by atoms with Crippen LogP contribution < -0.4 is 10.5 Å². The number of ether oxygens (including phenoxy) is 1. The van der Waals surface area contributed by atoms with E-state index in [0.717, 1.165) is 37.1 Å². The minimum Gasteiger partial charge on any atom is -0.469 e. The quantitative estimate of drug-likeness (QED) is 0.298. The van der Waals surface area contributed by atoms with Crippen LogP contribution in [-0.2, 0) is 27.4 Å². The highest BCUT2D eigenvalue weighted by Crippen LogP contribution is 2.20. The lowest BCUT2D eigenvalue weighted by Crippen LogP contribution is -2.38. The van der Waals surface area contributed by atoms with Crippen molar-refractivity contribution < 1.29 is 14.3 Å². The lowest BCUT2D eigenvalue weighted by molar-refractivity contribution is -0.147. The average molecular weight is 475 g/mol. The van der Waals surface area contributed by atoms with Gasteiger partial charge in [0.05, 0.1) is 25.3 Å². The van der Waals surface area contributed by atoms with Crippen molar-refractivity contribution in [2.75, 3.05) is 25.1 Å². The standard InChI is InChI=1S/C25H26N6O4/c1-35-25(34)19-5-4-9-28(14-19)12-18-7-8-21-26-20(15-29(21)13-18)16-30(17-32)23-11-24(33)31-10-3-2-6-22(31)27-23/h2-3,6-8,10-11,13,15,17,19H,4-5,9,12,14,16H2,1H3. The molecule has 35 heavy (non-hydrogen) atoms. The first-order valence-electron chi connectivity index (χ1n) is 11.5. The monoisotopic (exact) mass is 474 g/mol. The molecule has 4 aromatic rings. The van der Waals surface area contributed by atoms with Gasteiger partial charge in [-0.1, -0.05) is 12.1 Å². The van der Waals surface area contributed by atoms with Crippen molar-refractivity contribution in [1.29, 1.82) is 0 Å². The minimum absolute atomic E-state index is 0.0802. The number of aromatic nitrogens is 4. The number of methoxy groups -OCH3 is 1. The van der Waals surface area contributed by atoms with Crippen molar-refractivity contribution >= 4 is 29.5 Å². The molecule has 5 rings (SSSR count). The van der Waals surface area contributed by atoms with Crippen LogP contribution in [0.15, 0.2) is 59.8 Å². The number of rotatable bonds is 7. The fourth-order valence-electron chi connectivity index (χ4n) is 4.61. The van der Waals surface area contributed by atoms with E-state index in [9.17, 15) is 14.4 Å². The topological polar surface area (TPSA) is 102 Å². The Hall–Kier alpha value is -4.05. The van der Waals surface area contributed by atoms with Crippen LogP contribution in [0.5, 0.6) is 0 Å². The van der Waals surface area contributed by atoms with E-state index in [1.54, 1.807) is 24.4 Å². The van der Waals surface area contributed by atoms with E-state index in [1.165, 1.54) is 22.5 Å². The van der Waals surface area contributed by atoms with Gasteiger partial charge >= 0.3 is 5.97 Å². The molecule has 1 aliphatic rings. The molecule has 1 unspecified atom stereocenters. The van der Waals surface area contributed by atoms with Gasteiger partial charge in [0.1, 0.15) is 17.1 Å². The van der Waals surface area contributed by atoms with Crippen LogP contribution in [-0.4, -0.2) is 56.2 Å². The van der Waals surface area contributed by atoms with Crippen molar-refractivity contribution in [3.05, 3.63) is 76.6 Å². The second-order valence-corrected chi connectivity index (χ2v) is 8.75. The van der Waals surface area contributed by atoms with Gasteiger partial charge < -0.3 is 9.14 Å². The largest absolute Gasteiger partial charge is 0.469 e. The first-order chi connectivity index (χ1) is 17.0. The molecule has 1 amide bonds. The van der Waals surface area contributed by atoms with E-state index in [4.69, 9.17) is 4.74 Å². The van der Waals surface area contributed by atoms with Crippen LogP contribution in [0.25, 0.3) is 11.3 Å². The average Bonchev–Trinajstić information content (AvgIpc) is 3.28. The molecular formula is C25H26N6O4. The summed E-state index contributed by atoms with van der Waals surface area (Å²) in [6.07, 6.45) is 8.00. The minimum atomic E-state index is -0.260. The first-order valence-corrected chi connectivity index (χ1v) is 11.5. The van der Waals surface area contributed by atoms with Gasteiger partial charge in [-0.2, -0.15) is 0 Å². The molecule has 1 fully saturated rings. The SMILES string of the molecule is COC(=O)C1CCCN(Cc2ccc3nc(CN(C=O)c4cc(=O)n5ccccc5n4)cn3c2)C1. The number of likely N-dealkylation sites (tertiary alicyclic amines) is 1. The fraction of sp³-hybridized carbons (Fsp3) is 0.320. The molecule has 10 nitrogen and oxygen atoms in total. The molecule has 0 saturated carbocycles. The summed E-state index contributed by atoms with van der Waals surface area (Å²) in [5.41, 5.74) is 2.74. The molecule has 1 saturated heterocycles. The molecule has 1 atom stereocenters. The summed E-state index contributed by atoms with van der Waals surface area (Å²) in [5.74, 6) is 0.0512. The van der Waals surface area contributed by atoms with Crippen molar-refractivity contribution in [2.24, 2.45) is 5.92 Å². The molecule has 1 aliphatic heterocycles. The van der Waals surface area contributed by atoms with Gasteiger partial charge in [-0.05, 0) is 43.1 Å². The number of pyridine rings is 2. The fourth-order valence-corrected chi connectivity index (χ4v) is 4.61. The van der Waals surface area contributed by atoms with E-state index in [-0.39, 0.29) is 29.8 Å². The van der Waals surface area contributed by atoms with Crippen molar-refractivity contribution in [1.82, 2.24) is 23.7 Å². The molecule has 0 N–H and O–H groups in total. The molecular weight excluding hydrogens is 448 g/mol. The van der Waals surface area contributed by atoms with Gasteiger partial charge in [0.15, 0.2) is 0 Å². The van der Waals surface area contributed by atoms with Gasteiger partial charge in [0, 0.05) is 37.7 Å². The molecule has 0 aliphatic carbocycles. The Morgan fingerprint density at radius 2 is 2.09 bits per heavy atom. The molecule has 180 valence electrons. The summed E-state index contributed by atoms with van der Waals surface area (Å²) in [4.78, 5) is 48.9. The number of carbonyl (C=O) groups is 2. The second kappa shape index (κ2) is 9.67. The number of nitrogens with zero attached hydrogens (tertiary/aromatic N) is 6. The van der Waals surface area contributed by atoms with Crippen LogP contribution in [0.1, 0.15) is 24.1 Å². The maximum atomic E-state index is 12.4. The Morgan fingerprint density at radius 1 is 1.20 bits per heavy atom. The summed E-state index contributed by atoms with van der Waals surface area (Å²) in [7, 11) is 1.44. The van der Waals surface area contributed by atoms with Crippen LogP contribution in [0.2, 0.25) is 0 Å². The molecule has 10 heteroatoms. The Labute approximate surface area is 201 Å².